The third-order valence-corrected chi connectivity index (χ3v) is 1.47. The topological polar surface area (TPSA) is 76.9 Å². The minimum Gasteiger partial charge on any atom is -0.379 e. The summed E-state index contributed by atoms with van der Waals surface area (Å²) in [6.45, 7) is 2.69. The fourth-order valence-corrected chi connectivity index (χ4v) is 0.765. The monoisotopic (exact) mass is 174 g/mol. The minimum absolute atomic E-state index is 0.314. The van der Waals surface area contributed by atoms with Crippen molar-refractivity contribution < 1.29 is 14.3 Å². The molecule has 0 aliphatic carbocycles. The van der Waals surface area contributed by atoms with Gasteiger partial charge < -0.3 is 20.5 Å². The van der Waals surface area contributed by atoms with Crippen molar-refractivity contribution in [2.75, 3.05) is 26.4 Å². The Hall–Kier alpha value is -0.810. The largest absolute Gasteiger partial charge is 0.379 e. The van der Waals surface area contributed by atoms with Gasteiger partial charge in [-0.3, -0.25) is 0 Å². The van der Waals surface area contributed by atoms with Crippen LogP contribution < -0.4 is 11.1 Å². The molecule has 0 aromatic carbocycles. The van der Waals surface area contributed by atoms with Crippen molar-refractivity contribution in [1.82, 2.24) is 5.32 Å². The van der Waals surface area contributed by atoms with E-state index < -0.39 is 6.03 Å². The van der Waals surface area contributed by atoms with Gasteiger partial charge in [-0.15, -0.1) is 0 Å². The van der Waals surface area contributed by atoms with Crippen LogP contribution in [0.25, 0.3) is 0 Å². The first-order chi connectivity index (χ1) is 5.79. The highest BCUT2D eigenvalue weighted by Gasteiger charge is 2.21. The lowest BCUT2D eigenvalue weighted by atomic mass is 10.4. The zero-order valence-corrected chi connectivity index (χ0v) is 6.91. The number of urea groups is 1. The summed E-state index contributed by atoms with van der Waals surface area (Å²) in [6.07, 6.45) is 1.10. The predicted molar refractivity (Wildman–Crippen MR) is 42.8 cm³/mol. The second-order valence-corrected chi connectivity index (χ2v) is 2.67. The number of nitrogens with two attached hydrogens (primary N) is 1. The van der Waals surface area contributed by atoms with Crippen molar-refractivity contribution in [3.05, 3.63) is 0 Å². The highest BCUT2D eigenvalue weighted by Crippen LogP contribution is 2.08. The van der Waals surface area contributed by atoms with Crippen LogP contribution in [0.15, 0.2) is 0 Å². The molecule has 12 heavy (non-hydrogen) atoms. The predicted octanol–water partition coefficient (Wildman–Crippen LogP) is -0.540. The third-order valence-electron chi connectivity index (χ3n) is 1.47. The van der Waals surface area contributed by atoms with E-state index >= 15 is 0 Å². The van der Waals surface area contributed by atoms with Gasteiger partial charge in [0.2, 0.25) is 0 Å². The van der Waals surface area contributed by atoms with Crippen LogP contribution in [-0.4, -0.2) is 38.5 Å². The molecule has 1 rings (SSSR count). The maximum absolute atomic E-state index is 10.2. The highest BCUT2D eigenvalue weighted by molar-refractivity contribution is 5.71. The molecule has 0 aromatic heterocycles. The summed E-state index contributed by atoms with van der Waals surface area (Å²) >= 11 is 0. The van der Waals surface area contributed by atoms with E-state index in [0.717, 1.165) is 13.0 Å². The lowest BCUT2D eigenvalue weighted by Crippen LogP contribution is -2.30. The van der Waals surface area contributed by atoms with Gasteiger partial charge in [-0.25, -0.2) is 4.79 Å². The quantitative estimate of drug-likeness (QED) is 0.419. The lowest BCUT2D eigenvalue weighted by molar-refractivity contribution is 0.115. The smallest absolute Gasteiger partial charge is 0.312 e. The molecule has 1 aliphatic rings. The number of hydrogen-bond donors (Lipinski definition) is 2. The minimum atomic E-state index is -0.486. The molecule has 70 valence electrons. The molecule has 1 unspecified atom stereocenters. The summed E-state index contributed by atoms with van der Waals surface area (Å²) in [5.41, 5.74) is 4.85. The van der Waals surface area contributed by atoms with E-state index in [1.54, 1.807) is 0 Å². The third kappa shape index (κ3) is 4.92. The first-order valence-electron chi connectivity index (χ1n) is 4.01. The molecule has 5 nitrogen and oxygen atoms in total. The first-order valence-corrected chi connectivity index (χ1v) is 4.01. The molecular weight excluding hydrogens is 160 g/mol. The Morgan fingerprint density at radius 2 is 2.50 bits per heavy atom. The van der Waals surface area contributed by atoms with Gasteiger partial charge in [0.1, 0.15) is 6.10 Å². The number of primary amides is 1. The highest BCUT2D eigenvalue weighted by atomic mass is 16.6. The van der Waals surface area contributed by atoms with E-state index in [9.17, 15) is 4.79 Å². The summed E-state index contributed by atoms with van der Waals surface area (Å²) in [6, 6.07) is -0.486. The van der Waals surface area contributed by atoms with Crippen LogP contribution in [0, 0.1) is 0 Å². The van der Waals surface area contributed by atoms with Crippen molar-refractivity contribution in [2.24, 2.45) is 5.73 Å². The molecule has 0 aromatic rings. The zero-order valence-electron chi connectivity index (χ0n) is 6.91. The maximum Gasteiger partial charge on any atom is 0.312 e. The number of rotatable bonds is 6. The summed E-state index contributed by atoms with van der Waals surface area (Å²) in [4.78, 5) is 10.2. The van der Waals surface area contributed by atoms with Gasteiger partial charge in [0.25, 0.3) is 0 Å². The second-order valence-electron chi connectivity index (χ2n) is 2.67. The number of carbonyl (C=O) groups excluding carboxylic acids is 1. The van der Waals surface area contributed by atoms with E-state index in [1.807, 2.05) is 0 Å². The van der Waals surface area contributed by atoms with E-state index in [0.29, 0.717) is 25.9 Å². The van der Waals surface area contributed by atoms with Gasteiger partial charge in [0.15, 0.2) is 0 Å². The normalized spacial score (nSPS) is 20.5. The van der Waals surface area contributed by atoms with Crippen LogP contribution in [0.1, 0.15) is 6.42 Å². The summed E-state index contributed by atoms with van der Waals surface area (Å²) in [5.74, 6) is 0. The Labute approximate surface area is 71.2 Å². The van der Waals surface area contributed by atoms with Gasteiger partial charge in [-0.1, -0.05) is 0 Å². The van der Waals surface area contributed by atoms with Crippen molar-refractivity contribution in [1.29, 1.82) is 0 Å². The Balaban J connectivity index is 1.73. The number of hydrogen-bond acceptors (Lipinski definition) is 3. The SMILES string of the molecule is NC(=O)NCCCOCC1CO1. The molecule has 1 atom stereocenters. The van der Waals surface area contributed by atoms with Crippen LogP contribution in [0.3, 0.4) is 0 Å². The Morgan fingerprint density at radius 3 is 3.08 bits per heavy atom. The average Bonchev–Trinajstić information content (AvgIpc) is 2.79. The molecular formula is C7H14N2O3. The van der Waals surface area contributed by atoms with Crippen LogP contribution in [0.2, 0.25) is 0 Å². The van der Waals surface area contributed by atoms with Gasteiger partial charge in [-0.2, -0.15) is 0 Å². The van der Waals surface area contributed by atoms with Crippen LogP contribution in [0.4, 0.5) is 4.79 Å². The van der Waals surface area contributed by atoms with Crippen molar-refractivity contribution >= 4 is 6.03 Å². The average molecular weight is 174 g/mol. The molecule has 1 heterocycles. The van der Waals surface area contributed by atoms with Gasteiger partial charge >= 0.3 is 6.03 Å². The van der Waals surface area contributed by atoms with Crippen molar-refractivity contribution in [2.45, 2.75) is 12.5 Å². The van der Waals surface area contributed by atoms with Crippen LogP contribution in [-0.2, 0) is 9.47 Å². The molecule has 0 bridgehead atoms. The number of amides is 2. The van der Waals surface area contributed by atoms with Crippen LogP contribution in [0.5, 0.6) is 0 Å². The van der Waals surface area contributed by atoms with E-state index in [4.69, 9.17) is 15.2 Å². The van der Waals surface area contributed by atoms with Crippen molar-refractivity contribution in [3.63, 3.8) is 0 Å². The number of ether oxygens (including phenoxy) is 2. The summed E-state index contributed by atoms with van der Waals surface area (Å²) in [5, 5.41) is 2.48. The summed E-state index contributed by atoms with van der Waals surface area (Å²) in [7, 11) is 0. The molecule has 1 saturated heterocycles. The Kier molecular flexibility index (Phi) is 3.83. The molecule has 5 heteroatoms. The van der Waals surface area contributed by atoms with Gasteiger partial charge in [0.05, 0.1) is 13.2 Å². The fourth-order valence-electron chi connectivity index (χ4n) is 0.765. The van der Waals surface area contributed by atoms with Crippen molar-refractivity contribution in [3.8, 4) is 0 Å². The Morgan fingerprint density at radius 1 is 1.75 bits per heavy atom. The molecule has 1 aliphatic heterocycles. The van der Waals surface area contributed by atoms with E-state index in [-0.39, 0.29) is 0 Å². The number of epoxide rings is 1. The number of carbonyl (C=O) groups is 1. The molecule has 0 saturated carbocycles. The molecule has 2 amide bonds. The first kappa shape index (κ1) is 9.28. The number of nitrogens with one attached hydrogen (secondary N) is 1. The fraction of sp³-hybridized carbons (Fsp3) is 0.857. The van der Waals surface area contributed by atoms with E-state index in [2.05, 4.69) is 5.32 Å². The van der Waals surface area contributed by atoms with Gasteiger partial charge in [-0.05, 0) is 6.42 Å². The maximum atomic E-state index is 10.2. The second kappa shape index (κ2) is 4.95. The van der Waals surface area contributed by atoms with Crippen LogP contribution >= 0.6 is 0 Å². The molecule has 3 N–H and O–H groups in total. The molecule has 0 radical (unpaired) electrons. The standard InChI is InChI=1S/C7H14N2O3/c8-7(10)9-2-1-3-11-4-6-5-12-6/h6H,1-5H2,(H3,8,9,10). The lowest BCUT2D eigenvalue weighted by Gasteiger charge is -2.02. The van der Waals surface area contributed by atoms with Gasteiger partial charge in [0, 0.05) is 13.2 Å². The molecule has 1 fully saturated rings. The Bertz CT molecular complexity index is 148. The van der Waals surface area contributed by atoms with E-state index in [1.165, 1.54) is 0 Å². The zero-order chi connectivity index (χ0) is 8.81. The summed E-state index contributed by atoms with van der Waals surface area (Å²) < 4.78 is 10.2. The molecule has 0 spiro atoms.